The summed E-state index contributed by atoms with van der Waals surface area (Å²) in [5.41, 5.74) is 14.8. The maximum absolute atomic E-state index is 12.1. The van der Waals surface area contributed by atoms with E-state index in [1.54, 1.807) is 94.4 Å². The number of esters is 4. The molecule has 312 valence electrons. The first-order chi connectivity index (χ1) is 25.3. The average Bonchev–Trinajstić information content (AvgIpc) is 3.05. The summed E-state index contributed by atoms with van der Waals surface area (Å²) >= 11 is 0. The summed E-state index contributed by atoms with van der Waals surface area (Å²) in [4.78, 5) is 82.8. The molecule has 2 atom stereocenters. The molecule has 0 aliphatic carbocycles. The Kier molecular flexibility index (Phi) is 20.8. The van der Waals surface area contributed by atoms with Gasteiger partial charge in [0.2, 0.25) is 5.91 Å². The lowest BCUT2D eigenvalue weighted by atomic mass is 10.0. The maximum atomic E-state index is 12.1. The number of hydrogen-bond acceptors (Lipinski definition) is 12. The van der Waals surface area contributed by atoms with Gasteiger partial charge in [0.05, 0.1) is 23.7 Å². The number of carbonyl (C=O) groups is 7. The van der Waals surface area contributed by atoms with Crippen molar-refractivity contribution in [3.8, 4) is 23.0 Å². The number of nitrogens with one attached hydrogen (secondary N) is 1. The highest BCUT2D eigenvalue weighted by Crippen LogP contribution is 2.32. The molecule has 0 saturated carbocycles. The van der Waals surface area contributed by atoms with Crippen molar-refractivity contribution in [1.29, 1.82) is 0 Å². The first-order valence-electron chi connectivity index (χ1n) is 17.8. The Morgan fingerprint density at radius 3 is 1.23 bits per heavy atom. The minimum atomic E-state index is -1.06. The Bertz CT molecular complexity index is 1700. The quantitative estimate of drug-likeness (QED) is 0.139. The van der Waals surface area contributed by atoms with E-state index in [0.717, 1.165) is 0 Å². The summed E-state index contributed by atoms with van der Waals surface area (Å²) in [5.74, 6) is -4.23. The summed E-state index contributed by atoms with van der Waals surface area (Å²) in [6, 6.07) is 7.62. The van der Waals surface area contributed by atoms with Gasteiger partial charge in [-0.2, -0.15) is 0 Å². The SMILES string of the molecule is CC(C)C(=O)Oc1ccc(C[C@H](NC(=O)OC(C)(C)C)C(N)=O)cc1OC(=O)C(C)C.CC(C)C(=O)Oc1ccc(C[C@H]([NH3+])C(N)=O)cc1OC(=O)C(C)C.[Cl-]. The standard InChI is InChI=1S/C22H32N2O7.C17H24N2O5.ClH/c1-12(2)19(26)29-16-9-8-14(11-17(16)30-20(27)13(3)4)10-15(18(23)25)24-21(28)31-22(5,6)7;1-9(2)16(21)23-13-6-5-11(7-12(18)15(19)20)8-14(13)24-17(22)10(3)4;/h8-9,11-13,15H,10H2,1-7H3,(H2,23,25)(H,24,28);5-6,8-10,12H,7,18H2,1-4H3,(H2,19,20);1H/t15-;12-;/m00./s1. The van der Waals surface area contributed by atoms with Crippen LogP contribution in [0.2, 0.25) is 0 Å². The van der Waals surface area contributed by atoms with Crippen LogP contribution in [0.4, 0.5) is 4.79 Å². The van der Waals surface area contributed by atoms with Gasteiger partial charge < -0.3 is 58.6 Å². The van der Waals surface area contributed by atoms with Crippen molar-refractivity contribution in [1.82, 2.24) is 5.32 Å². The second kappa shape index (κ2) is 23.0. The number of rotatable bonds is 15. The van der Waals surface area contributed by atoms with Crippen LogP contribution in [0.5, 0.6) is 23.0 Å². The minimum absolute atomic E-state index is 0. The van der Waals surface area contributed by atoms with Gasteiger partial charge in [0.15, 0.2) is 29.0 Å². The van der Waals surface area contributed by atoms with Gasteiger partial charge in [-0.15, -0.1) is 0 Å². The van der Waals surface area contributed by atoms with Crippen LogP contribution in [-0.2, 0) is 46.3 Å². The molecule has 0 aliphatic rings. The zero-order chi connectivity index (χ0) is 42.4. The van der Waals surface area contributed by atoms with Gasteiger partial charge >= 0.3 is 30.0 Å². The highest BCUT2D eigenvalue weighted by Gasteiger charge is 2.25. The van der Waals surface area contributed by atoms with Crippen LogP contribution in [0.25, 0.3) is 0 Å². The predicted octanol–water partition coefficient (Wildman–Crippen LogP) is 0.182. The fourth-order valence-corrected chi connectivity index (χ4v) is 3.89. The molecule has 0 aromatic heterocycles. The third kappa shape index (κ3) is 18.4. The first-order valence-corrected chi connectivity index (χ1v) is 17.8. The number of carbonyl (C=O) groups excluding carboxylic acids is 7. The number of ether oxygens (including phenoxy) is 5. The van der Waals surface area contributed by atoms with E-state index in [-0.39, 0.29) is 59.6 Å². The highest BCUT2D eigenvalue weighted by atomic mass is 35.5. The number of primary amides is 2. The first kappa shape index (κ1) is 50.8. The van der Waals surface area contributed by atoms with Crippen molar-refractivity contribution in [2.45, 2.75) is 107 Å². The molecule has 0 spiro atoms. The third-order valence-electron chi connectivity index (χ3n) is 7.10. The molecule has 2 aromatic carbocycles. The summed E-state index contributed by atoms with van der Waals surface area (Å²) in [5, 5.41) is 2.43. The third-order valence-corrected chi connectivity index (χ3v) is 7.10. The number of quaternary nitrogens is 1. The predicted molar refractivity (Wildman–Crippen MR) is 200 cm³/mol. The summed E-state index contributed by atoms with van der Waals surface area (Å²) in [7, 11) is 0. The minimum Gasteiger partial charge on any atom is -1.00 e. The molecule has 0 unspecified atom stereocenters. The summed E-state index contributed by atoms with van der Waals surface area (Å²) in [6.07, 6.45) is -0.482. The van der Waals surface area contributed by atoms with Crippen molar-refractivity contribution >= 4 is 41.8 Å². The van der Waals surface area contributed by atoms with Gasteiger partial charge in [-0.05, 0) is 56.2 Å². The second-order valence-corrected chi connectivity index (χ2v) is 15.0. The molecule has 17 heteroatoms. The molecule has 16 nitrogen and oxygen atoms in total. The number of hydrogen-bond donors (Lipinski definition) is 4. The Balaban J connectivity index is 0.00000109. The Labute approximate surface area is 334 Å². The van der Waals surface area contributed by atoms with E-state index in [2.05, 4.69) is 11.1 Å². The zero-order valence-corrected chi connectivity index (χ0v) is 34.7. The van der Waals surface area contributed by atoms with Crippen LogP contribution >= 0.6 is 0 Å². The van der Waals surface area contributed by atoms with Crippen LogP contribution < -0.4 is 53.9 Å². The molecule has 0 aliphatic heterocycles. The molecule has 0 heterocycles. The number of alkyl carbamates (subject to hydrolysis) is 1. The van der Waals surface area contributed by atoms with E-state index in [1.807, 2.05) is 0 Å². The maximum Gasteiger partial charge on any atom is 0.408 e. The van der Waals surface area contributed by atoms with Crippen molar-refractivity contribution in [3.63, 3.8) is 0 Å². The molecule has 0 bridgehead atoms. The van der Waals surface area contributed by atoms with Crippen molar-refractivity contribution < 1.29 is 75.4 Å². The van der Waals surface area contributed by atoms with E-state index in [4.69, 9.17) is 35.2 Å². The van der Waals surface area contributed by atoms with Crippen LogP contribution in [0, 0.1) is 23.7 Å². The average molecular weight is 809 g/mol. The van der Waals surface area contributed by atoms with Gasteiger partial charge in [0.1, 0.15) is 11.6 Å². The summed E-state index contributed by atoms with van der Waals surface area (Å²) < 4.78 is 26.4. The van der Waals surface area contributed by atoms with Crippen molar-refractivity contribution in [2.75, 3.05) is 0 Å². The number of amides is 3. The topological polar surface area (TPSA) is 257 Å². The van der Waals surface area contributed by atoms with Crippen LogP contribution in [0.15, 0.2) is 36.4 Å². The Morgan fingerprint density at radius 2 is 0.929 bits per heavy atom. The molecule has 0 radical (unpaired) electrons. The van der Waals surface area contributed by atoms with Crippen LogP contribution in [0.3, 0.4) is 0 Å². The number of benzene rings is 2. The van der Waals surface area contributed by atoms with Gasteiger partial charge in [-0.3, -0.25) is 28.8 Å². The lowest BCUT2D eigenvalue weighted by Gasteiger charge is -2.22. The molecule has 56 heavy (non-hydrogen) atoms. The lowest BCUT2D eigenvalue weighted by Crippen LogP contribution is -3.00. The smallest absolute Gasteiger partial charge is 0.408 e. The van der Waals surface area contributed by atoms with E-state index >= 15 is 0 Å². The fourth-order valence-electron chi connectivity index (χ4n) is 3.89. The molecule has 0 saturated heterocycles. The number of nitrogens with two attached hydrogens (primary N) is 2. The van der Waals surface area contributed by atoms with E-state index in [9.17, 15) is 33.6 Å². The molecule has 8 N–H and O–H groups in total. The molecule has 2 rings (SSSR count). The van der Waals surface area contributed by atoms with Crippen molar-refractivity contribution in [2.24, 2.45) is 35.1 Å². The molecule has 2 aromatic rings. The Hall–Kier alpha value is -5.22. The molecular weight excluding hydrogens is 752 g/mol. The lowest BCUT2D eigenvalue weighted by molar-refractivity contribution is -0.402. The number of halogens is 1. The van der Waals surface area contributed by atoms with Crippen LogP contribution in [0.1, 0.15) is 87.3 Å². The fraction of sp³-hybridized carbons (Fsp3) is 0.513. The Morgan fingerprint density at radius 1 is 0.589 bits per heavy atom. The molecule has 3 amide bonds. The molecular formula is C39H57ClN4O12. The monoisotopic (exact) mass is 808 g/mol. The molecule has 0 fully saturated rings. The van der Waals surface area contributed by atoms with Gasteiger partial charge in [0, 0.05) is 12.8 Å². The largest absolute Gasteiger partial charge is 1.00 e. The van der Waals surface area contributed by atoms with E-state index < -0.39 is 65.4 Å². The van der Waals surface area contributed by atoms with Gasteiger partial charge in [-0.25, -0.2) is 4.79 Å². The highest BCUT2D eigenvalue weighted by molar-refractivity contribution is 5.85. The second-order valence-electron chi connectivity index (χ2n) is 15.0. The van der Waals surface area contributed by atoms with Gasteiger partial charge in [-0.1, -0.05) is 67.5 Å². The van der Waals surface area contributed by atoms with E-state index in [1.165, 1.54) is 18.2 Å². The van der Waals surface area contributed by atoms with Gasteiger partial charge in [0.25, 0.3) is 5.91 Å². The normalized spacial score (nSPS) is 12.0. The van der Waals surface area contributed by atoms with Crippen molar-refractivity contribution in [3.05, 3.63) is 47.5 Å². The zero-order valence-electron chi connectivity index (χ0n) is 34.0. The van der Waals surface area contributed by atoms with E-state index in [0.29, 0.717) is 17.5 Å². The summed E-state index contributed by atoms with van der Waals surface area (Å²) in [6.45, 7) is 18.6. The van der Waals surface area contributed by atoms with Crippen LogP contribution in [-0.4, -0.2) is 59.5 Å².